The Bertz CT molecular complexity index is 942. The van der Waals surface area contributed by atoms with Crippen molar-refractivity contribution in [1.82, 2.24) is 9.97 Å². The maximum absolute atomic E-state index is 8.95. The summed E-state index contributed by atoms with van der Waals surface area (Å²) in [6.45, 7) is 0. The summed E-state index contributed by atoms with van der Waals surface area (Å²) in [5, 5.41) is 19.7. The fourth-order valence-electron chi connectivity index (χ4n) is 2.29. The Balaban J connectivity index is 2.01. The fraction of sp³-hybridized carbons (Fsp3) is 0. The van der Waals surface area contributed by atoms with Gasteiger partial charge in [0.05, 0.1) is 5.69 Å². The van der Waals surface area contributed by atoms with Crippen molar-refractivity contribution in [3.05, 3.63) is 66.1 Å². The lowest BCUT2D eigenvalue weighted by Gasteiger charge is -2.11. The molecular weight excluding hydrogens is 300 g/mol. The van der Waals surface area contributed by atoms with E-state index < -0.39 is 0 Å². The van der Waals surface area contributed by atoms with Gasteiger partial charge in [-0.2, -0.15) is 5.26 Å². The molecule has 3 aromatic rings. The summed E-state index contributed by atoms with van der Waals surface area (Å²) in [7, 11) is 0. The summed E-state index contributed by atoms with van der Waals surface area (Å²) in [6, 6.07) is 14.6. The molecule has 0 spiro atoms. The second-order valence-electron chi connectivity index (χ2n) is 5.10. The first-order valence-electron chi connectivity index (χ1n) is 7.19. The van der Waals surface area contributed by atoms with Crippen LogP contribution in [0.1, 0.15) is 11.3 Å². The largest absolute Gasteiger partial charge is 0.397 e. The molecule has 0 saturated heterocycles. The Morgan fingerprint density at radius 1 is 1.12 bits per heavy atom. The van der Waals surface area contributed by atoms with Gasteiger partial charge in [0.2, 0.25) is 0 Å². The molecule has 24 heavy (non-hydrogen) atoms. The summed E-state index contributed by atoms with van der Waals surface area (Å²) in [6.07, 6.45) is 4.58. The van der Waals surface area contributed by atoms with Gasteiger partial charge in [-0.3, -0.25) is 4.98 Å². The lowest BCUT2D eigenvalue weighted by Crippen LogP contribution is -1.99. The third-order valence-electron chi connectivity index (χ3n) is 3.43. The summed E-state index contributed by atoms with van der Waals surface area (Å²) in [5.41, 5.74) is 9.92. The van der Waals surface area contributed by atoms with Crippen molar-refractivity contribution in [3.8, 4) is 17.2 Å². The number of benzene rings is 1. The molecule has 0 aliphatic carbocycles. The lowest BCUT2D eigenvalue weighted by atomic mass is 10.0. The molecule has 0 radical (unpaired) electrons. The Hall–Kier alpha value is -3.72. The van der Waals surface area contributed by atoms with Gasteiger partial charge in [0.25, 0.3) is 0 Å². The van der Waals surface area contributed by atoms with Crippen molar-refractivity contribution in [2.75, 3.05) is 11.1 Å². The van der Waals surface area contributed by atoms with Crippen molar-refractivity contribution in [2.24, 2.45) is 0 Å². The van der Waals surface area contributed by atoms with E-state index in [4.69, 9.17) is 16.4 Å². The van der Waals surface area contributed by atoms with Crippen molar-refractivity contribution >= 4 is 23.4 Å². The van der Waals surface area contributed by atoms with E-state index in [-0.39, 0.29) is 0 Å². The number of aromatic nitrogens is 2. The highest BCUT2D eigenvalue weighted by atomic mass is 15.0. The van der Waals surface area contributed by atoms with Crippen molar-refractivity contribution in [3.63, 3.8) is 0 Å². The van der Waals surface area contributed by atoms with Crippen LogP contribution in [0.5, 0.6) is 0 Å². The van der Waals surface area contributed by atoms with Gasteiger partial charge in [-0.15, -0.1) is 0 Å². The first-order valence-corrected chi connectivity index (χ1v) is 7.19. The number of nitrogens with zero attached hydrogens (tertiary/aromatic N) is 3. The van der Waals surface area contributed by atoms with E-state index in [2.05, 4.69) is 15.3 Å². The minimum Gasteiger partial charge on any atom is -0.397 e. The molecule has 0 bridgehead atoms. The SMILES string of the molecule is N#Cc1cccc(Nc2cc(-c3cncc(N)c3)ccc2C=N)n1. The predicted octanol–water partition coefficient (Wildman–Crippen LogP) is 3.34. The van der Waals surface area contributed by atoms with Crippen molar-refractivity contribution in [1.29, 1.82) is 10.7 Å². The highest BCUT2D eigenvalue weighted by Gasteiger charge is 2.07. The lowest BCUT2D eigenvalue weighted by molar-refractivity contribution is 1.25. The number of hydrogen-bond acceptors (Lipinski definition) is 6. The van der Waals surface area contributed by atoms with Crippen LogP contribution >= 0.6 is 0 Å². The van der Waals surface area contributed by atoms with Gasteiger partial charge in [0, 0.05) is 35.4 Å². The van der Waals surface area contributed by atoms with E-state index in [0.29, 0.717) is 28.5 Å². The van der Waals surface area contributed by atoms with E-state index >= 15 is 0 Å². The number of pyridine rings is 2. The number of nitrogens with one attached hydrogen (secondary N) is 2. The molecule has 6 heteroatoms. The van der Waals surface area contributed by atoms with E-state index in [0.717, 1.165) is 11.1 Å². The molecule has 3 rings (SSSR count). The van der Waals surface area contributed by atoms with Gasteiger partial charge in [-0.25, -0.2) is 4.98 Å². The van der Waals surface area contributed by atoms with Gasteiger partial charge in [0.1, 0.15) is 17.6 Å². The van der Waals surface area contributed by atoms with Gasteiger partial charge >= 0.3 is 0 Å². The molecule has 0 fully saturated rings. The molecule has 0 unspecified atom stereocenters. The number of hydrogen-bond donors (Lipinski definition) is 3. The van der Waals surface area contributed by atoms with Gasteiger partial charge < -0.3 is 16.5 Å². The zero-order chi connectivity index (χ0) is 16.9. The average molecular weight is 314 g/mol. The average Bonchev–Trinajstić information content (AvgIpc) is 2.62. The van der Waals surface area contributed by atoms with Crippen molar-refractivity contribution < 1.29 is 0 Å². The fourth-order valence-corrected chi connectivity index (χ4v) is 2.29. The molecule has 4 N–H and O–H groups in total. The van der Waals surface area contributed by atoms with E-state index in [1.165, 1.54) is 6.21 Å². The molecule has 0 aliphatic rings. The van der Waals surface area contributed by atoms with Crippen LogP contribution in [0.25, 0.3) is 11.1 Å². The maximum atomic E-state index is 8.95. The van der Waals surface area contributed by atoms with Crippen LogP contribution in [-0.2, 0) is 0 Å². The predicted molar refractivity (Wildman–Crippen MR) is 94.2 cm³/mol. The number of rotatable bonds is 4. The van der Waals surface area contributed by atoms with Crippen LogP contribution in [0.2, 0.25) is 0 Å². The minimum absolute atomic E-state index is 0.326. The molecule has 2 heterocycles. The Morgan fingerprint density at radius 2 is 2.00 bits per heavy atom. The topological polar surface area (TPSA) is 111 Å². The van der Waals surface area contributed by atoms with Crippen LogP contribution in [0, 0.1) is 16.7 Å². The van der Waals surface area contributed by atoms with Crippen LogP contribution in [0.4, 0.5) is 17.2 Å². The van der Waals surface area contributed by atoms with E-state index in [1.54, 1.807) is 30.6 Å². The molecule has 2 aromatic heterocycles. The van der Waals surface area contributed by atoms with Crippen LogP contribution in [-0.4, -0.2) is 16.2 Å². The third kappa shape index (κ3) is 3.20. The molecule has 116 valence electrons. The van der Waals surface area contributed by atoms with Gasteiger partial charge in [0.15, 0.2) is 0 Å². The second-order valence-corrected chi connectivity index (χ2v) is 5.10. The van der Waals surface area contributed by atoms with Crippen LogP contribution in [0.3, 0.4) is 0 Å². The molecule has 1 aromatic carbocycles. The summed E-state index contributed by atoms with van der Waals surface area (Å²) in [4.78, 5) is 8.30. The number of nitrogen functional groups attached to an aromatic ring is 1. The monoisotopic (exact) mass is 314 g/mol. The molecule has 0 amide bonds. The first kappa shape index (κ1) is 15.2. The quantitative estimate of drug-likeness (QED) is 0.639. The maximum Gasteiger partial charge on any atom is 0.142 e. The van der Waals surface area contributed by atoms with Gasteiger partial charge in [-0.05, 0) is 29.8 Å². The Morgan fingerprint density at radius 3 is 2.75 bits per heavy atom. The van der Waals surface area contributed by atoms with E-state index in [9.17, 15) is 0 Å². The smallest absolute Gasteiger partial charge is 0.142 e. The van der Waals surface area contributed by atoms with Crippen LogP contribution in [0.15, 0.2) is 54.9 Å². The molecule has 0 atom stereocenters. The molecule has 0 saturated carbocycles. The van der Waals surface area contributed by atoms with Gasteiger partial charge in [-0.1, -0.05) is 18.2 Å². The highest BCUT2D eigenvalue weighted by molar-refractivity contribution is 5.89. The number of nitriles is 1. The standard InChI is InChI=1S/C18H14N6/c19-8-13-5-4-12(14-6-15(21)11-22-10-14)7-17(13)24-18-3-1-2-16(9-20)23-18/h1-8,10-11,19H,21H2,(H,23,24). The zero-order valence-electron chi connectivity index (χ0n) is 12.7. The summed E-state index contributed by atoms with van der Waals surface area (Å²) < 4.78 is 0. The van der Waals surface area contributed by atoms with Crippen molar-refractivity contribution in [2.45, 2.75) is 0 Å². The minimum atomic E-state index is 0.326. The first-order chi connectivity index (χ1) is 11.7. The highest BCUT2D eigenvalue weighted by Crippen LogP contribution is 2.27. The normalized spacial score (nSPS) is 9.96. The van der Waals surface area contributed by atoms with Crippen LogP contribution < -0.4 is 11.1 Å². The summed E-state index contributed by atoms with van der Waals surface area (Å²) >= 11 is 0. The van der Waals surface area contributed by atoms with E-state index in [1.807, 2.05) is 30.3 Å². The number of nitrogens with two attached hydrogens (primary N) is 1. The third-order valence-corrected chi connectivity index (χ3v) is 3.43. The Kier molecular flexibility index (Phi) is 4.17. The zero-order valence-corrected chi connectivity index (χ0v) is 12.7. The summed E-state index contributed by atoms with van der Waals surface area (Å²) in [5.74, 6) is 0.542. The molecular formula is C18H14N6. The molecule has 6 nitrogen and oxygen atoms in total. The second kappa shape index (κ2) is 6.58. The molecule has 0 aliphatic heterocycles. The number of anilines is 3. The Labute approximate surface area is 139 Å².